The minimum Gasteiger partial charge on any atom is -0.480 e. The molecule has 268 valence electrons. The second kappa shape index (κ2) is 19.6. The molecule has 0 radical (unpaired) electrons. The predicted octanol–water partition coefficient (Wildman–Crippen LogP) is -2.27. The lowest BCUT2D eigenvalue weighted by molar-refractivity contribution is -0.143. The van der Waals surface area contributed by atoms with Crippen molar-refractivity contribution in [2.45, 2.75) is 110 Å². The van der Waals surface area contributed by atoms with Gasteiger partial charge in [-0.3, -0.25) is 29.0 Å². The van der Waals surface area contributed by atoms with E-state index in [1.807, 2.05) is 0 Å². The largest absolute Gasteiger partial charge is 0.480 e. The number of rotatable bonds is 19. The molecule has 0 aliphatic carbocycles. The Hall–Kier alpha value is -3.99. The number of carbonyl (C=O) groups is 6. The van der Waals surface area contributed by atoms with Gasteiger partial charge in [-0.2, -0.15) is 0 Å². The normalized spacial score (nSPS) is 17.8. The maximum Gasteiger partial charge on any atom is 0.326 e. The van der Waals surface area contributed by atoms with E-state index in [1.54, 1.807) is 41.5 Å². The smallest absolute Gasteiger partial charge is 0.326 e. The average Bonchev–Trinajstić information content (AvgIpc) is 3.48. The average molecular weight is 670 g/mol. The van der Waals surface area contributed by atoms with Gasteiger partial charge < -0.3 is 53.6 Å². The first-order valence-corrected chi connectivity index (χ1v) is 16.1. The molecule has 0 aromatic heterocycles. The van der Waals surface area contributed by atoms with Gasteiger partial charge in [-0.25, -0.2) is 4.79 Å². The van der Waals surface area contributed by atoms with Gasteiger partial charge in [0.2, 0.25) is 29.5 Å². The maximum absolute atomic E-state index is 13.6. The number of nitrogens with one attached hydrogen (secondary N) is 4. The number of amides is 5. The zero-order valence-electron chi connectivity index (χ0n) is 28.3. The molecule has 1 fully saturated rings. The quantitative estimate of drug-likeness (QED) is 0.0402. The van der Waals surface area contributed by atoms with Crippen molar-refractivity contribution in [2.75, 3.05) is 19.7 Å². The molecule has 5 amide bonds. The Morgan fingerprint density at radius 1 is 0.851 bits per heavy atom. The van der Waals surface area contributed by atoms with Crippen LogP contribution in [-0.4, -0.2) is 113 Å². The Kier molecular flexibility index (Phi) is 17.1. The molecular formula is C30H55N9O8. The third kappa shape index (κ3) is 13.3. The van der Waals surface area contributed by atoms with Crippen LogP contribution in [0.3, 0.4) is 0 Å². The first kappa shape index (κ1) is 41.0. The summed E-state index contributed by atoms with van der Waals surface area (Å²) < 4.78 is 0. The Morgan fingerprint density at radius 3 is 1.96 bits per heavy atom. The summed E-state index contributed by atoms with van der Waals surface area (Å²) in [5.41, 5.74) is 16.9. The van der Waals surface area contributed by atoms with Gasteiger partial charge in [-0.1, -0.05) is 41.5 Å². The summed E-state index contributed by atoms with van der Waals surface area (Å²) in [6.45, 7) is 10.2. The van der Waals surface area contributed by atoms with Crippen LogP contribution >= 0.6 is 0 Å². The van der Waals surface area contributed by atoms with Crippen LogP contribution in [0, 0.1) is 17.8 Å². The molecule has 0 spiro atoms. The Bertz CT molecular complexity index is 1130. The van der Waals surface area contributed by atoms with Crippen molar-refractivity contribution in [1.82, 2.24) is 26.2 Å². The SMILES string of the molecule is CC(C)C[C@H](NC(=O)[C@H](CO)NC(=O)[C@@H](NC(=O)[C@H](CCCN=C(N)N)NC(=O)[C@@H]1CCCN1C(=O)[C@@H](N)C(C)C)C(C)C)C(=O)O. The first-order valence-electron chi connectivity index (χ1n) is 16.1. The summed E-state index contributed by atoms with van der Waals surface area (Å²) in [5.74, 6) is -5.43. The number of hydrogen-bond donors (Lipinski definition) is 9. The molecule has 17 heteroatoms. The highest BCUT2D eigenvalue weighted by atomic mass is 16.4. The maximum atomic E-state index is 13.6. The Balaban J connectivity index is 3.13. The summed E-state index contributed by atoms with van der Waals surface area (Å²) >= 11 is 0. The van der Waals surface area contributed by atoms with Gasteiger partial charge in [0.25, 0.3) is 0 Å². The molecule has 0 bridgehead atoms. The second-order valence-corrected chi connectivity index (χ2v) is 13.0. The summed E-state index contributed by atoms with van der Waals surface area (Å²) in [6, 6.07) is -6.70. The first-order chi connectivity index (χ1) is 21.9. The molecule has 1 rings (SSSR count). The van der Waals surface area contributed by atoms with Crippen molar-refractivity contribution >= 4 is 41.5 Å². The molecule has 1 heterocycles. The summed E-state index contributed by atoms with van der Waals surface area (Å²) in [6.07, 6.45) is 1.46. The number of aliphatic hydroxyl groups excluding tert-OH is 1. The lowest BCUT2D eigenvalue weighted by Crippen LogP contribution is -2.60. The van der Waals surface area contributed by atoms with Crippen molar-refractivity contribution in [2.24, 2.45) is 39.9 Å². The van der Waals surface area contributed by atoms with Crippen molar-refractivity contribution in [1.29, 1.82) is 0 Å². The van der Waals surface area contributed by atoms with Gasteiger partial charge in [-0.15, -0.1) is 0 Å². The third-order valence-electron chi connectivity index (χ3n) is 7.80. The number of carboxylic acid groups (broad SMARTS) is 1. The van der Waals surface area contributed by atoms with Crippen LogP contribution in [0.4, 0.5) is 0 Å². The standard InChI is InChI=1S/C30H55N9O8/c1-15(2)13-19(29(46)47)36-25(42)20(14-40)37-27(44)23(17(5)6)38-24(41)18(9-7-11-34-30(32)33)35-26(43)21-10-8-12-39(21)28(45)22(31)16(3)4/h15-23,40H,7-14,31H2,1-6H3,(H,35,43)(H,36,42)(H,37,44)(H,38,41)(H,46,47)(H4,32,33,34)/t18-,19-,20-,21-,22-,23-/m0/s1. The molecule has 1 aliphatic heterocycles. The Morgan fingerprint density at radius 2 is 1.45 bits per heavy atom. The molecule has 1 aliphatic rings. The van der Waals surface area contributed by atoms with E-state index in [0.717, 1.165) is 0 Å². The van der Waals surface area contributed by atoms with Gasteiger partial charge in [0, 0.05) is 13.1 Å². The van der Waals surface area contributed by atoms with Crippen molar-refractivity contribution < 1.29 is 39.0 Å². The van der Waals surface area contributed by atoms with E-state index < -0.39 is 78.4 Å². The van der Waals surface area contributed by atoms with Crippen LogP contribution in [0.5, 0.6) is 0 Å². The molecule has 6 atom stereocenters. The number of aliphatic imine (C=N–C) groups is 1. The molecule has 17 nitrogen and oxygen atoms in total. The number of carbonyl (C=O) groups excluding carboxylic acids is 5. The van der Waals surface area contributed by atoms with E-state index >= 15 is 0 Å². The number of hydrogen-bond acceptors (Lipinski definition) is 9. The van der Waals surface area contributed by atoms with E-state index in [2.05, 4.69) is 26.3 Å². The predicted molar refractivity (Wildman–Crippen MR) is 174 cm³/mol. The van der Waals surface area contributed by atoms with Gasteiger partial charge in [0.15, 0.2) is 5.96 Å². The zero-order valence-corrected chi connectivity index (χ0v) is 28.3. The highest BCUT2D eigenvalue weighted by Gasteiger charge is 2.39. The van der Waals surface area contributed by atoms with Crippen LogP contribution in [0.15, 0.2) is 4.99 Å². The van der Waals surface area contributed by atoms with Crippen LogP contribution < -0.4 is 38.5 Å². The lowest BCUT2D eigenvalue weighted by Gasteiger charge is -2.30. The summed E-state index contributed by atoms with van der Waals surface area (Å²) in [5, 5.41) is 29.3. The van der Waals surface area contributed by atoms with Crippen LogP contribution in [-0.2, 0) is 28.8 Å². The number of likely N-dealkylation sites (tertiary alicyclic amines) is 1. The molecule has 0 aromatic rings. The van der Waals surface area contributed by atoms with Gasteiger partial charge in [0.1, 0.15) is 30.2 Å². The van der Waals surface area contributed by atoms with E-state index in [-0.39, 0.29) is 49.5 Å². The number of nitrogens with zero attached hydrogens (tertiary/aromatic N) is 2. The van der Waals surface area contributed by atoms with Crippen LogP contribution in [0.2, 0.25) is 0 Å². The zero-order chi connectivity index (χ0) is 36.0. The fourth-order valence-corrected chi connectivity index (χ4v) is 5.03. The van der Waals surface area contributed by atoms with E-state index in [1.165, 1.54) is 4.90 Å². The minimum absolute atomic E-state index is 0.0538. The van der Waals surface area contributed by atoms with Crippen LogP contribution in [0.25, 0.3) is 0 Å². The summed E-state index contributed by atoms with van der Waals surface area (Å²) in [4.78, 5) is 83.0. The molecule has 1 saturated heterocycles. The van der Waals surface area contributed by atoms with Crippen molar-refractivity contribution in [3.63, 3.8) is 0 Å². The van der Waals surface area contributed by atoms with Crippen molar-refractivity contribution in [3.8, 4) is 0 Å². The number of guanidine groups is 1. The third-order valence-corrected chi connectivity index (χ3v) is 7.80. The molecular weight excluding hydrogens is 614 g/mol. The molecule has 0 saturated carbocycles. The second-order valence-electron chi connectivity index (χ2n) is 13.0. The van der Waals surface area contributed by atoms with E-state index in [4.69, 9.17) is 17.2 Å². The highest BCUT2D eigenvalue weighted by Crippen LogP contribution is 2.20. The minimum atomic E-state index is -1.49. The molecule has 12 N–H and O–H groups in total. The fraction of sp³-hybridized carbons (Fsp3) is 0.767. The van der Waals surface area contributed by atoms with Crippen molar-refractivity contribution in [3.05, 3.63) is 0 Å². The lowest BCUT2D eigenvalue weighted by atomic mass is 10.0. The number of aliphatic hydroxyl groups is 1. The number of aliphatic carboxylic acids is 1. The molecule has 0 unspecified atom stereocenters. The van der Waals surface area contributed by atoms with Crippen LogP contribution in [0.1, 0.15) is 73.6 Å². The van der Waals surface area contributed by atoms with E-state index in [0.29, 0.717) is 19.4 Å². The van der Waals surface area contributed by atoms with Gasteiger partial charge in [0.05, 0.1) is 12.6 Å². The fourth-order valence-electron chi connectivity index (χ4n) is 5.03. The Labute approximate surface area is 276 Å². The monoisotopic (exact) mass is 669 g/mol. The number of carboxylic acids is 1. The molecule has 0 aromatic carbocycles. The number of nitrogens with two attached hydrogens (primary N) is 3. The van der Waals surface area contributed by atoms with E-state index in [9.17, 15) is 39.0 Å². The molecule has 47 heavy (non-hydrogen) atoms. The van der Waals surface area contributed by atoms with Gasteiger partial charge in [-0.05, 0) is 49.9 Å². The topological polar surface area (TPSA) is 285 Å². The van der Waals surface area contributed by atoms with Gasteiger partial charge >= 0.3 is 5.97 Å². The summed E-state index contributed by atoms with van der Waals surface area (Å²) in [7, 11) is 0. The highest BCUT2D eigenvalue weighted by molar-refractivity contribution is 5.96.